The number of piperidine rings is 1. The number of aromatic nitrogens is 4. The van der Waals surface area contributed by atoms with Crippen LogP contribution in [0.2, 0.25) is 5.02 Å². The van der Waals surface area contributed by atoms with Gasteiger partial charge in [-0.2, -0.15) is 13.2 Å². The van der Waals surface area contributed by atoms with Crippen LogP contribution in [-0.2, 0) is 4.79 Å². The molecule has 0 unspecified atom stereocenters. The molecule has 4 heterocycles. The summed E-state index contributed by atoms with van der Waals surface area (Å²) in [5, 5.41) is 3.21. The smallest absolute Gasteiger partial charge is 0.345 e. The topological polar surface area (TPSA) is 86.8 Å². The average molecular weight is 441 g/mol. The molecule has 1 aliphatic rings. The number of H-pyrrole nitrogens is 1. The zero-order valence-electron chi connectivity index (χ0n) is 15.7. The SMILES string of the molecule is O=C(NCC(F)(F)F)[C@H]1CCCCN1c1ccnc(-c2c[nH]c3ncc(Cl)cc23)n1.[HH]. The third-order valence-corrected chi connectivity index (χ3v) is 5.15. The second-order valence-electron chi connectivity index (χ2n) is 7.03. The monoisotopic (exact) mass is 440 g/mol. The van der Waals surface area contributed by atoms with E-state index in [1.807, 2.05) is 5.32 Å². The molecule has 1 atom stereocenters. The van der Waals surface area contributed by atoms with Crippen molar-refractivity contribution in [3.63, 3.8) is 0 Å². The molecule has 0 radical (unpaired) electrons. The molecule has 3 aromatic heterocycles. The highest BCUT2D eigenvalue weighted by molar-refractivity contribution is 6.31. The second-order valence-corrected chi connectivity index (χ2v) is 7.46. The van der Waals surface area contributed by atoms with Gasteiger partial charge in [0.2, 0.25) is 5.91 Å². The van der Waals surface area contributed by atoms with Crippen molar-refractivity contribution in [3.8, 4) is 11.4 Å². The van der Waals surface area contributed by atoms with Crippen molar-refractivity contribution < 1.29 is 19.4 Å². The summed E-state index contributed by atoms with van der Waals surface area (Å²) >= 11 is 6.05. The fourth-order valence-corrected chi connectivity index (χ4v) is 3.74. The Kier molecular flexibility index (Phi) is 5.50. The Morgan fingerprint density at radius 1 is 1.37 bits per heavy atom. The molecule has 0 saturated carbocycles. The highest BCUT2D eigenvalue weighted by Gasteiger charge is 2.33. The highest BCUT2D eigenvalue weighted by Crippen LogP contribution is 2.29. The molecule has 0 spiro atoms. The first-order chi connectivity index (χ1) is 14.3. The molecule has 3 aromatic rings. The van der Waals surface area contributed by atoms with E-state index in [-0.39, 0.29) is 1.43 Å². The van der Waals surface area contributed by atoms with Crippen LogP contribution in [0.25, 0.3) is 22.4 Å². The number of carbonyl (C=O) groups is 1. The van der Waals surface area contributed by atoms with Crippen LogP contribution >= 0.6 is 11.6 Å². The summed E-state index contributed by atoms with van der Waals surface area (Å²) < 4.78 is 37.5. The maximum atomic E-state index is 12.5. The number of fused-ring (bicyclic) bond motifs is 1. The Bertz CT molecular complexity index is 1080. The molecule has 160 valence electrons. The lowest BCUT2D eigenvalue weighted by Gasteiger charge is -2.35. The summed E-state index contributed by atoms with van der Waals surface area (Å²) in [6.45, 7) is -0.837. The van der Waals surface area contributed by atoms with Gasteiger partial charge in [0.25, 0.3) is 0 Å². The van der Waals surface area contributed by atoms with Gasteiger partial charge in [-0.1, -0.05) is 11.6 Å². The van der Waals surface area contributed by atoms with Gasteiger partial charge in [-0.05, 0) is 31.4 Å². The number of carbonyl (C=O) groups excluding carboxylic acids is 1. The number of nitrogens with one attached hydrogen (secondary N) is 2. The van der Waals surface area contributed by atoms with Gasteiger partial charge >= 0.3 is 6.18 Å². The summed E-state index contributed by atoms with van der Waals surface area (Å²) in [6, 6.07) is 2.68. The van der Waals surface area contributed by atoms with Gasteiger partial charge in [-0.3, -0.25) is 4.79 Å². The number of halogens is 4. The van der Waals surface area contributed by atoms with Crippen molar-refractivity contribution in [2.45, 2.75) is 31.5 Å². The molecular formula is C19H20ClF3N6O. The van der Waals surface area contributed by atoms with Crippen molar-refractivity contribution in [2.75, 3.05) is 18.0 Å². The Morgan fingerprint density at radius 2 is 2.20 bits per heavy atom. The van der Waals surface area contributed by atoms with Crippen LogP contribution in [0.15, 0.2) is 30.7 Å². The van der Waals surface area contributed by atoms with Crippen LogP contribution in [0.1, 0.15) is 20.7 Å². The molecule has 0 aliphatic carbocycles. The van der Waals surface area contributed by atoms with Crippen LogP contribution in [0.5, 0.6) is 0 Å². The quantitative estimate of drug-likeness (QED) is 0.641. The number of aromatic amines is 1. The molecule has 1 fully saturated rings. The number of nitrogens with zero attached hydrogens (tertiary/aromatic N) is 4. The van der Waals surface area contributed by atoms with Crippen LogP contribution in [0.3, 0.4) is 0 Å². The number of hydrogen-bond donors (Lipinski definition) is 2. The predicted molar refractivity (Wildman–Crippen MR) is 108 cm³/mol. The molecule has 0 aromatic carbocycles. The minimum Gasteiger partial charge on any atom is -0.345 e. The lowest BCUT2D eigenvalue weighted by molar-refractivity contribution is -0.139. The van der Waals surface area contributed by atoms with E-state index >= 15 is 0 Å². The fourth-order valence-electron chi connectivity index (χ4n) is 3.59. The summed E-state index contributed by atoms with van der Waals surface area (Å²) in [5.41, 5.74) is 1.32. The van der Waals surface area contributed by atoms with Gasteiger partial charge in [-0.25, -0.2) is 15.0 Å². The molecule has 7 nitrogen and oxygen atoms in total. The average Bonchev–Trinajstić information content (AvgIpc) is 3.14. The largest absolute Gasteiger partial charge is 0.405 e. The minimum atomic E-state index is -4.46. The molecule has 1 saturated heterocycles. The number of alkyl halides is 3. The summed E-state index contributed by atoms with van der Waals surface area (Å²) in [6.07, 6.45) is 2.38. The Labute approximate surface area is 176 Å². The number of anilines is 1. The van der Waals surface area contributed by atoms with Crippen LogP contribution in [0.4, 0.5) is 19.0 Å². The van der Waals surface area contributed by atoms with Gasteiger partial charge in [0, 0.05) is 37.5 Å². The lowest BCUT2D eigenvalue weighted by Crippen LogP contribution is -2.51. The van der Waals surface area contributed by atoms with Gasteiger partial charge in [0.1, 0.15) is 24.1 Å². The number of pyridine rings is 1. The molecule has 1 aliphatic heterocycles. The van der Waals surface area contributed by atoms with E-state index in [0.29, 0.717) is 40.8 Å². The van der Waals surface area contributed by atoms with E-state index < -0.39 is 24.7 Å². The highest BCUT2D eigenvalue weighted by atomic mass is 35.5. The fraction of sp³-hybridized carbons (Fsp3) is 0.368. The first-order valence-corrected chi connectivity index (χ1v) is 9.77. The third kappa shape index (κ3) is 4.33. The van der Waals surface area contributed by atoms with Gasteiger partial charge in [-0.15, -0.1) is 0 Å². The maximum absolute atomic E-state index is 12.5. The van der Waals surface area contributed by atoms with E-state index in [2.05, 4.69) is 19.9 Å². The first kappa shape index (κ1) is 20.4. The molecule has 4 rings (SSSR count). The van der Waals surface area contributed by atoms with Crippen LogP contribution in [-0.4, -0.2) is 51.2 Å². The number of hydrogen-bond acceptors (Lipinski definition) is 5. The van der Waals surface area contributed by atoms with Crippen LogP contribution < -0.4 is 10.2 Å². The van der Waals surface area contributed by atoms with Crippen molar-refractivity contribution in [1.29, 1.82) is 0 Å². The molecule has 11 heteroatoms. The Hall–Kier alpha value is -2.88. The molecular weight excluding hydrogens is 421 g/mol. The predicted octanol–water partition coefficient (Wildman–Crippen LogP) is 3.96. The number of amides is 1. The molecule has 30 heavy (non-hydrogen) atoms. The van der Waals surface area contributed by atoms with E-state index in [0.717, 1.165) is 18.2 Å². The summed E-state index contributed by atoms with van der Waals surface area (Å²) in [5.74, 6) is 0.231. The molecule has 0 bridgehead atoms. The summed E-state index contributed by atoms with van der Waals surface area (Å²) in [4.78, 5) is 30.3. The Balaban J connectivity index is 0.00000272. The Morgan fingerprint density at radius 3 is 3.00 bits per heavy atom. The summed E-state index contributed by atoms with van der Waals surface area (Å²) in [7, 11) is 0. The maximum Gasteiger partial charge on any atom is 0.405 e. The van der Waals surface area contributed by atoms with E-state index in [9.17, 15) is 18.0 Å². The standard InChI is InChI=1S/C19H18ClF3N6O.H2/c20-11-7-12-13(9-26-16(12)25-8-11)17-24-5-4-15(28-17)29-6-2-1-3-14(29)18(30)27-10-19(21,22)23;/h4-5,7-9,14H,1-3,6,10H2,(H,25,26)(H,27,30);1H/t14-;/m1./s1. The third-order valence-electron chi connectivity index (χ3n) is 4.94. The molecule has 1 amide bonds. The van der Waals surface area contributed by atoms with Gasteiger partial charge < -0.3 is 15.2 Å². The zero-order valence-corrected chi connectivity index (χ0v) is 16.5. The number of rotatable bonds is 4. The minimum absolute atomic E-state index is 0. The first-order valence-electron chi connectivity index (χ1n) is 9.39. The van der Waals surface area contributed by atoms with Crippen molar-refractivity contribution in [3.05, 3.63) is 35.7 Å². The van der Waals surface area contributed by atoms with E-state index in [1.54, 1.807) is 29.4 Å². The van der Waals surface area contributed by atoms with Gasteiger partial charge in [0.05, 0.1) is 5.02 Å². The van der Waals surface area contributed by atoms with Gasteiger partial charge in [0.15, 0.2) is 5.82 Å². The van der Waals surface area contributed by atoms with Crippen molar-refractivity contribution in [2.24, 2.45) is 0 Å². The zero-order chi connectivity index (χ0) is 21.3. The second kappa shape index (κ2) is 8.10. The lowest BCUT2D eigenvalue weighted by atomic mass is 10.0. The van der Waals surface area contributed by atoms with E-state index in [1.165, 1.54) is 6.20 Å². The van der Waals surface area contributed by atoms with Crippen LogP contribution in [0, 0.1) is 0 Å². The van der Waals surface area contributed by atoms with Crippen molar-refractivity contribution >= 4 is 34.4 Å². The normalized spacial score (nSPS) is 17.3. The van der Waals surface area contributed by atoms with E-state index in [4.69, 9.17) is 11.6 Å². The van der Waals surface area contributed by atoms with Crippen molar-refractivity contribution in [1.82, 2.24) is 25.3 Å². The molecule has 2 N–H and O–H groups in total.